The zero-order chi connectivity index (χ0) is 29.4. The zero-order valence-corrected chi connectivity index (χ0v) is 37.2. The summed E-state index contributed by atoms with van der Waals surface area (Å²) in [6.45, 7) is 10.5. The second kappa shape index (κ2) is 24.7. The molecule has 0 unspecified atom stereocenters. The van der Waals surface area contributed by atoms with Crippen LogP contribution in [0.3, 0.4) is 0 Å². The van der Waals surface area contributed by atoms with E-state index in [2.05, 4.69) is 9.29 Å². The molecule has 0 aromatic heterocycles. The molecule has 8 nitrogen and oxygen atoms in total. The maximum absolute atomic E-state index is 13.2. The van der Waals surface area contributed by atoms with Gasteiger partial charge in [0.1, 0.15) is 34.3 Å². The van der Waals surface area contributed by atoms with Crippen molar-refractivity contribution in [3.05, 3.63) is 70.8 Å². The minimum atomic E-state index is -1.52. The average Bonchev–Trinajstić information content (AvgIpc) is 2.78. The Kier molecular flexibility index (Phi) is 29.9. The van der Waals surface area contributed by atoms with Crippen molar-refractivity contribution in [1.82, 2.24) is 0 Å². The van der Waals surface area contributed by atoms with Gasteiger partial charge in [-0.3, -0.25) is 14.7 Å². The molecule has 0 aliphatic rings. The molecule has 2 atom stereocenters. The van der Waals surface area contributed by atoms with Crippen LogP contribution in [-0.4, -0.2) is 36.9 Å². The molecule has 39 heavy (non-hydrogen) atoms. The van der Waals surface area contributed by atoms with Crippen molar-refractivity contribution in [2.75, 3.05) is 0 Å². The fourth-order valence-electron chi connectivity index (χ4n) is 1.52. The van der Waals surface area contributed by atoms with Crippen molar-refractivity contribution in [2.45, 2.75) is 51.0 Å². The summed E-state index contributed by atoms with van der Waals surface area (Å²) in [6, 6.07) is 6.80. The second-order valence-electron chi connectivity index (χ2n) is 8.59. The SMILES string of the molecule is CC(C)(C)[S@@](N)=O.CC(C)(C)[S@](=O)N=Cc1c(F)cccc1F.O=CO[O-].O=Cc1c(F)cccc1F.[Cs+].[Cs+].[H-]. The van der Waals surface area contributed by atoms with E-state index < -0.39 is 55.6 Å². The molecule has 2 rings (SSSR count). The number of benzene rings is 2. The number of carbonyl (C=O) groups excluding carboxylic acids is 2. The van der Waals surface area contributed by atoms with E-state index in [4.69, 9.17) is 15.2 Å². The third-order valence-corrected chi connectivity index (χ3v) is 6.11. The molecule has 0 bridgehead atoms. The molecule has 16 heteroatoms. The monoisotopic (exact) mass is 836 g/mol. The Morgan fingerprint density at radius 2 is 1.13 bits per heavy atom. The molecule has 0 amide bonds. The predicted molar refractivity (Wildman–Crippen MR) is 134 cm³/mol. The van der Waals surface area contributed by atoms with Gasteiger partial charge in [0.15, 0.2) is 6.29 Å². The maximum atomic E-state index is 13.2. The Balaban J connectivity index is -0.000000148. The summed E-state index contributed by atoms with van der Waals surface area (Å²) in [6.07, 6.45) is 1.14. The van der Waals surface area contributed by atoms with Gasteiger partial charge in [-0.2, -0.15) is 4.40 Å². The Bertz CT molecular complexity index is 1070. The van der Waals surface area contributed by atoms with Crippen molar-refractivity contribution >= 4 is 40.9 Å². The van der Waals surface area contributed by atoms with Crippen molar-refractivity contribution in [3.8, 4) is 0 Å². The normalized spacial score (nSPS) is 11.8. The van der Waals surface area contributed by atoms with E-state index >= 15 is 0 Å². The first-order valence-corrected chi connectivity index (χ1v) is 12.4. The van der Waals surface area contributed by atoms with Crippen LogP contribution in [0.15, 0.2) is 40.8 Å². The van der Waals surface area contributed by atoms with Gasteiger partial charge in [0, 0.05) is 0 Å². The first-order chi connectivity index (χ1) is 16.9. The molecule has 0 aliphatic carbocycles. The van der Waals surface area contributed by atoms with Crippen molar-refractivity contribution in [2.24, 2.45) is 9.54 Å². The largest absolute Gasteiger partial charge is 1.00 e. The fourth-order valence-corrected chi connectivity index (χ4v) is 2.03. The summed E-state index contributed by atoms with van der Waals surface area (Å²) in [7, 11) is -2.70. The smallest absolute Gasteiger partial charge is 1.00 e. The van der Waals surface area contributed by atoms with E-state index in [1.165, 1.54) is 12.1 Å². The van der Waals surface area contributed by atoms with Gasteiger partial charge in [-0.25, -0.2) is 26.0 Å². The molecule has 0 aliphatic heterocycles. The molecule has 0 spiro atoms. The molecule has 0 fully saturated rings. The van der Waals surface area contributed by atoms with E-state index in [0.717, 1.165) is 30.5 Å². The number of nitrogens with zero attached hydrogens (tertiary/aromatic N) is 1. The van der Waals surface area contributed by atoms with Crippen LogP contribution in [0, 0.1) is 23.3 Å². The Labute approximate surface area is 350 Å². The topological polar surface area (TPSA) is 139 Å². The predicted octanol–water partition coefficient (Wildman–Crippen LogP) is -2.41. The fraction of sp³-hybridized carbons (Fsp3) is 0.348. The van der Waals surface area contributed by atoms with Crippen molar-refractivity contribution < 1.29 is 185 Å². The molecule has 0 radical (unpaired) electrons. The van der Waals surface area contributed by atoms with Crippen LogP contribution in [0.1, 0.15) is 58.9 Å². The van der Waals surface area contributed by atoms with Gasteiger partial charge in [-0.05, 0) is 65.8 Å². The van der Waals surface area contributed by atoms with E-state index in [1.54, 1.807) is 20.8 Å². The molecular formula is C23H30Cs2F4N2O6S2. The summed E-state index contributed by atoms with van der Waals surface area (Å²) in [5.74, 6) is -3.07. The van der Waals surface area contributed by atoms with Crippen LogP contribution < -0.4 is 148 Å². The number of aldehydes is 1. The summed E-state index contributed by atoms with van der Waals surface area (Å²) in [4.78, 5) is 21.2. The van der Waals surface area contributed by atoms with E-state index in [9.17, 15) is 30.8 Å². The van der Waals surface area contributed by atoms with Gasteiger partial charge >= 0.3 is 138 Å². The quantitative estimate of drug-likeness (QED) is 0.120. The molecule has 2 N–H and O–H groups in total. The second-order valence-corrected chi connectivity index (χ2v) is 12.3. The van der Waals surface area contributed by atoms with Crippen LogP contribution >= 0.6 is 0 Å². The minimum absolute atomic E-state index is 0. The van der Waals surface area contributed by atoms with E-state index in [1.807, 2.05) is 20.8 Å². The van der Waals surface area contributed by atoms with Gasteiger partial charge in [0.25, 0.3) is 6.47 Å². The van der Waals surface area contributed by atoms with Gasteiger partial charge in [-0.1, -0.05) is 12.1 Å². The molecule has 0 heterocycles. The Morgan fingerprint density at radius 1 is 0.821 bits per heavy atom. The van der Waals surface area contributed by atoms with Gasteiger partial charge < -0.3 is 11.6 Å². The van der Waals surface area contributed by atoms with Crippen molar-refractivity contribution in [1.29, 1.82) is 0 Å². The number of carbonyl (C=O) groups is 2. The molecule has 2 aromatic carbocycles. The number of halogens is 4. The Morgan fingerprint density at radius 3 is 1.33 bits per heavy atom. The number of rotatable bonds is 4. The van der Waals surface area contributed by atoms with Crippen LogP contribution in [-0.2, 0) is 31.7 Å². The summed E-state index contributed by atoms with van der Waals surface area (Å²) in [5.41, 5.74) is -0.775. The number of hydrogen-bond acceptors (Lipinski definition) is 6. The van der Waals surface area contributed by atoms with Crippen LogP contribution in [0.4, 0.5) is 17.6 Å². The van der Waals surface area contributed by atoms with E-state index in [-0.39, 0.29) is 162 Å². The van der Waals surface area contributed by atoms with Gasteiger partial charge in [-0.15, -0.1) is 0 Å². The maximum Gasteiger partial charge on any atom is 1.00 e. The van der Waals surface area contributed by atoms with Crippen LogP contribution in [0.2, 0.25) is 0 Å². The molecule has 0 saturated heterocycles. The Hall–Kier alpha value is 1.29. The minimum Gasteiger partial charge on any atom is -1.00 e. The van der Waals surface area contributed by atoms with Crippen LogP contribution in [0.5, 0.6) is 0 Å². The molecular weight excluding hydrogens is 806 g/mol. The van der Waals surface area contributed by atoms with E-state index in [0.29, 0.717) is 0 Å². The first-order valence-electron chi connectivity index (χ1n) is 10.1. The molecule has 210 valence electrons. The number of nitrogens with two attached hydrogens (primary N) is 1. The van der Waals surface area contributed by atoms with Crippen molar-refractivity contribution in [3.63, 3.8) is 0 Å². The summed E-state index contributed by atoms with van der Waals surface area (Å²) >= 11 is 0. The number of hydrogen-bond donors (Lipinski definition) is 1. The summed E-state index contributed by atoms with van der Waals surface area (Å²) in [5, 5.41) is 13.5. The molecule has 2 aromatic rings. The summed E-state index contributed by atoms with van der Waals surface area (Å²) < 4.78 is 75.8. The first kappa shape index (κ1) is 47.2. The van der Waals surface area contributed by atoms with Gasteiger partial charge in [0.05, 0.1) is 37.8 Å². The van der Waals surface area contributed by atoms with Gasteiger partial charge in [0.2, 0.25) is 0 Å². The average molecular weight is 836 g/mol. The standard InChI is InChI=1S/C11H13F2NOS.C7H4F2O.C4H11NOS.CH2O3.2Cs.H/c1-11(2,3)16(15)14-7-8-9(12)5-4-6-10(8)13;8-6-2-1-3-7(9)5(6)4-10;1-4(2,3)7(5)6;2-1-4-3;;;/h4-7H,1-3H3;1-4H;5H2,1-3H3;1,3H;;;/q;;;;2*+1;-1/p-1/t16-;;7-;;;;/m0.0..../s1. The third kappa shape index (κ3) is 22.5. The third-order valence-electron chi connectivity index (χ3n) is 3.56. The zero-order valence-electron chi connectivity index (χ0n) is 24.0. The van der Waals surface area contributed by atoms with Crippen LogP contribution in [0.25, 0.3) is 0 Å². The molecule has 0 saturated carbocycles.